The van der Waals surface area contributed by atoms with Crippen LogP contribution in [-0.4, -0.2) is 13.2 Å². The fourth-order valence-electron chi connectivity index (χ4n) is 0.139. The third-order valence-corrected chi connectivity index (χ3v) is 0.288. The van der Waals surface area contributed by atoms with E-state index in [1.807, 2.05) is 0 Å². The Bertz CT molecular complexity index is 47.6. The van der Waals surface area contributed by atoms with E-state index in [0.717, 1.165) is 0 Å². The Morgan fingerprint density at radius 1 is 1.80 bits per heavy atom. The Labute approximate surface area is 29.7 Å². The monoisotopic (exact) mass is 71.0 g/mol. The summed E-state index contributed by atoms with van der Waals surface area (Å²) >= 11 is 0. The molecule has 1 heterocycles. The zero-order valence-corrected chi connectivity index (χ0v) is 2.47. The molecule has 0 saturated heterocycles. The van der Waals surface area contributed by atoms with Crippen molar-refractivity contribution in [2.45, 2.75) is 0 Å². The van der Waals surface area contributed by atoms with Crippen molar-refractivity contribution in [3.8, 4) is 0 Å². The predicted octanol–water partition coefficient (Wildman–Crippen LogP) is -1.17. The van der Waals surface area contributed by atoms with Gasteiger partial charge in [-0.2, -0.15) is 0 Å². The summed E-state index contributed by atoms with van der Waals surface area (Å²) in [6, 6.07) is 0. The van der Waals surface area contributed by atoms with Gasteiger partial charge in [0.05, 0.1) is 0 Å². The van der Waals surface area contributed by atoms with E-state index >= 15 is 0 Å². The summed E-state index contributed by atoms with van der Waals surface area (Å²) in [6.07, 6.45) is 1.40. The number of hydrogen-bond donors (Lipinski definition) is 1. The second-order valence-electron chi connectivity index (χ2n) is 0.600. The van der Waals surface area contributed by atoms with Gasteiger partial charge >= 0.3 is 28.5 Å². The van der Waals surface area contributed by atoms with Crippen molar-refractivity contribution in [3.05, 3.63) is 0 Å². The summed E-state index contributed by atoms with van der Waals surface area (Å²) in [4.78, 5) is 8.24. The maximum atomic E-state index is 4.15. The van der Waals surface area contributed by atoms with E-state index in [9.17, 15) is 0 Å². The SMILES string of the molecule is B1=COON1. The van der Waals surface area contributed by atoms with Crippen LogP contribution in [0.2, 0.25) is 0 Å². The molecule has 1 N–H and O–H groups in total. The van der Waals surface area contributed by atoms with Crippen molar-refractivity contribution >= 4 is 13.2 Å². The van der Waals surface area contributed by atoms with Gasteiger partial charge in [-0.3, -0.25) is 0 Å². The third-order valence-electron chi connectivity index (χ3n) is 0.288. The van der Waals surface area contributed by atoms with Crippen molar-refractivity contribution in [1.29, 1.82) is 0 Å². The van der Waals surface area contributed by atoms with Crippen LogP contribution in [0.5, 0.6) is 0 Å². The van der Waals surface area contributed by atoms with Crippen LogP contribution in [0.3, 0.4) is 0 Å². The first-order valence-electron chi connectivity index (χ1n) is 1.23. The predicted molar refractivity (Wildman–Crippen MR) is 17.1 cm³/mol. The Balaban J connectivity index is 2.32. The molecule has 0 bridgehead atoms. The van der Waals surface area contributed by atoms with Crippen LogP contribution in [0.15, 0.2) is 0 Å². The molecule has 0 spiro atoms. The van der Waals surface area contributed by atoms with E-state index < -0.39 is 0 Å². The molecule has 1 aliphatic rings. The summed E-state index contributed by atoms with van der Waals surface area (Å²) in [5.41, 5.74) is 0. The summed E-state index contributed by atoms with van der Waals surface area (Å²) in [5.74, 6) is 0. The molecule has 0 saturated carbocycles. The zero-order valence-electron chi connectivity index (χ0n) is 2.47. The number of nitrogens with one attached hydrogen (secondary N) is 1. The van der Waals surface area contributed by atoms with Gasteiger partial charge < -0.3 is 0 Å². The molecule has 0 aromatic carbocycles. The number of hydrogen-bond acceptors (Lipinski definition) is 3. The first-order valence-corrected chi connectivity index (χ1v) is 1.23. The van der Waals surface area contributed by atoms with E-state index in [-0.39, 0.29) is 0 Å². The summed E-state index contributed by atoms with van der Waals surface area (Å²) in [7, 11) is 1.54. The fourth-order valence-corrected chi connectivity index (χ4v) is 0.139. The second-order valence-corrected chi connectivity index (χ2v) is 0.600. The van der Waals surface area contributed by atoms with Gasteiger partial charge in [-0.05, 0) is 0 Å². The molecule has 0 radical (unpaired) electrons. The molecule has 1 aliphatic heterocycles. The van der Waals surface area contributed by atoms with Crippen LogP contribution >= 0.6 is 0 Å². The fraction of sp³-hybridized carbons (Fsp3) is 0. The average Bonchev–Trinajstić information content (AvgIpc) is 1.76. The minimum atomic E-state index is 1.40. The summed E-state index contributed by atoms with van der Waals surface area (Å²) in [6.45, 7) is 0. The van der Waals surface area contributed by atoms with Crippen LogP contribution in [-0.2, 0) is 9.88 Å². The Hall–Kier alpha value is -0.505. The molecule has 0 atom stereocenters. The first-order chi connectivity index (χ1) is 2.50. The van der Waals surface area contributed by atoms with E-state index in [1.165, 1.54) is 6.15 Å². The number of rotatable bonds is 0. The molecule has 1 rings (SSSR count). The molecule has 0 aromatic heterocycles. The molecule has 5 heavy (non-hydrogen) atoms. The van der Waals surface area contributed by atoms with Crippen LogP contribution < -0.4 is 5.39 Å². The first kappa shape index (κ1) is 2.72. The van der Waals surface area contributed by atoms with Gasteiger partial charge in [0.1, 0.15) is 0 Å². The Morgan fingerprint density at radius 3 is 3.00 bits per heavy atom. The molecule has 3 nitrogen and oxygen atoms in total. The molecular formula is CH2BNO2. The van der Waals surface area contributed by atoms with Gasteiger partial charge in [0, 0.05) is 0 Å². The summed E-state index contributed by atoms with van der Waals surface area (Å²) < 4.78 is 0. The van der Waals surface area contributed by atoms with Crippen molar-refractivity contribution < 1.29 is 9.88 Å². The van der Waals surface area contributed by atoms with Gasteiger partial charge in [0.15, 0.2) is 0 Å². The maximum absolute atomic E-state index is 4.15. The molecule has 0 aromatic rings. The van der Waals surface area contributed by atoms with E-state index in [2.05, 4.69) is 15.3 Å². The Kier molecular flexibility index (Phi) is 0.585. The Morgan fingerprint density at radius 2 is 2.80 bits per heavy atom. The average molecular weight is 70.8 g/mol. The van der Waals surface area contributed by atoms with Crippen LogP contribution in [0, 0.1) is 0 Å². The van der Waals surface area contributed by atoms with Crippen LogP contribution in [0.25, 0.3) is 0 Å². The van der Waals surface area contributed by atoms with Gasteiger partial charge in [-0.1, -0.05) is 0 Å². The molecular weight excluding hydrogens is 68.8 g/mol. The third kappa shape index (κ3) is 0.387. The van der Waals surface area contributed by atoms with Gasteiger partial charge in [0.25, 0.3) is 0 Å². The molecule has 0 unspecified atom stereocenters. The van der Waals surface area contributed by atoms with E-state index in [1.54, 1.807) is 7.06 Å². The van der Waals surface area contributed by atoms with Crippen molar-refractivity contribution in [2.75, 3.05) is 0 Å². The van der Waals surface area contributed by atoms with Crippen LogP contribution in [0.1, 0.15) is 0 Å². The molecule has 4 heteroatoms. The van der Waals surface area contributed by atoms with E-state index in [0.29, 0.717) is 0 Å². The minimum absolute atomic E-state index is 1.40. The molecule has 0 fully saturated rings. The second kappa shape index (κ2) is 1.08. The van der Waals surface area contributed by atoms with Gasteiger partial charge in [-0.25, -0.2) is 0 Å². The molecule has 26 valence electrons. The van der Waals surface area contributed by atoms with E-state index in [4.69, 9.17) is 0 Å². The van der Waals surface area contributed by atoms with Crippen LogP contribution in [0.4, 0.5) is 0 Å². The molecule has 0 aliphatic carbocycles. The summed E-state index contributed by atoms with van der Waals surface area (Å²) in [5, 5.41) is 2.32. The van der Waals surface area contributed by atoms with Gasteiger partial charge in [-0.15, -0.1) is 0 Å². The normalized spacial score (nSPS) is 16.0. The van der Waals surface area contributed by atoms with Crippen molar-refractivity contribution in [1.82, 2.24) is 5.39 Å². The molecule has 0 amide bonds. The van der Waals surface area contributed by atoms with Gasteiger partial charge in [0.2, 0.25) is 0 Å². The standard InChI is InChI=1S/CH2BNO2/c1-2-3-5-4-1/h1,3H. The topological polar surface area (TPSA) is 30.5 Å². The van der Waals surface area contributed by atoms with Crippen molar-refractivity contribution in [3.63, 3.8) is 0 Å². The zero-order chi connectivity index (χ0) is 3.54. The quantitative estimate of drug-likeness (QED) is 0.288. The van der Waals surface area contributed by atoms with Crippen molar-refractivity contribution in [2.24, 2.45) is 0 Å².